The third-order valence-corrected chi connectivity index (χ3v) is 5.08. The third-order valence-electron chi connectivity index (χ3n) is 4.09. The second kappa shape index (κ2) is 7.30. The van der Waals surface area contributed by atoms with Crippen LogP contribution in [0.3, 0.4) is 0 Å². The molecule has 5 nitrogen and oxygen atoms in total. The van der Waals surface area contributed by atoms with Gasteiger partial charge in [0, 0.05) is 6.42 Å². The van der Waals surface area contributed by atoms with Gasteiger partial charge >= 0.3 is 27.8 Å². The fraction of sp³-hybridized carbons (Fsp3) is 0.438. The van der Waals surface area contributed by atoms with Gasteiger partial charge in [0.25, 0.3) is 0 Å². The molecule has 0 bridgehead atoms. The number of esters is 1. The van der Waals surface area contributed by atoms with E-state index in [-0.39, 0.29) is 6.61 Å². The van der Waals surface area contributed by atoms with E-state index in [2.05, 4.69) is 4.18 Å². The Morgan fingerprint density at radius 3 is 2.14 bits per heavy atom. The maximum Gasteiger partial charge on any atom is 0.534 e. The maximum atomic E-state index is 13.3. The number of hydrogen-bond donors (Lipinski definition) is 0. The highest BCUT2D eigenvalue weighted by Crippen LogP contribution is 2.53. The fourth-order valence-corrected chi connectivity index (χ4v) is 2.99. The van der Waals surface area contributed by atoms with Gasteiger partial charge in [-0.2, -0.15) is 34.8 Å². The molecule has 1 aromatic carbocycles. The van der Waals surface area contributed by atoms with Gasteiger partial charge in [-0.15, -0.1) is 0 Å². The summed E-state index contributed by atoms with van der Waals surface area (Å²) in [6, 6.07) is 7.95. The first-order valence-corrected chi connectivity index (χ1v) is 9.08. The second-order valence-corrected chi connectivity index (χ2v) is 7.90. The van der Waals surface area contributed by atoms with Crippen LogP contribution in [-0.2, 0) is 30.4 Å². The number of halogens is 6. The van der Waals surface area contributed by atoms with E-state index in [9.17, 15) is 39.6 Å². The molecular weight excluding hydrogens is 418 g/mol. The monoisotopic (exact) mass is 432 g/mol. The van der Waals surface area contributed by atoms with E-state index in [1.165, 1.54) is 0 Å². The van der Waals surface area contributed by atoms with Gasteiger partial charge in [0.05, 0.1) is 11.0 Å². The van der Waals surface area contributed by atoms with E-state index in [0.29, 0.717) is 12.5 Å². The zero-order valence-corrected chi connectivity index (χ0v) is 15.0. The van der Waals surface area contributed by atoms with Crippen LogP contribution in [0.4, 0.5) is 26.3 Å². The minimum absolute atomic E-state index is 0.370. The predicted octanol–water partition coefficient (Wildman–Crippen LogP) is 4.21. The van der Waals surface area contributed by atoms with Crippen LogP contribution in [-0.4, -0.2) is 26.1 Å². The van der Waals surface area contributed by atoms with E-state index in [1.807, 2.05) is 0 Å². The Balaban J connectivity index is 2.31. The Kier molecular flexibility index (Phi) is 5.75. The molecule has 0 aromatic heterocycles. The van der Waals surface area contributed by atoms with E-state index in [0.717, 1.165) is 0 Å². The Bertz CT molecular complexity index is 873. The standard InChI is InChI=1S/C16H14F6O5S/c1-14(15(17,18)19)7-11(12(8-14)27-28(24,25)16(20,21)22)13(23)26-9-10-5-3-2-4-6-10/h2-6H,7-9H2,1H3. The van der Waals surface area contributed by atoms with Crippen LogP contribution in [0, 0.1) is 5.41 Å². The molecule has 1 aliphatic rings. The van der Waals surface area contributed by atoms with Crippen LogP contribution < -0.4 is 0 Å². The van der Waals surface area contributed by atoms with Gasteiger partial charge in [0.2, 0.25) is 0 Å². The first-order chi connectivity index (χ1) is 12.7. The van der Waals surface area contributed by atoms with Gasteiger partial charge in [0.15, 0.2) is 0 Å². The van der Waals surface area contributed by atoms with Crippen LogP contribution >= 0.6 is 0 Å². The number of rotatable bonds is 5. The Labute approximate surface area is 156 Å². The Hall–Kier alpha value is -2.24. The van der Waals surface area contributed by atoms with Crippen molar-refractivity contribution in [3.63, 3.8) is 0 Å². The number of ether oxygens (including phenoxy) is 1. The zero-order valence-electron chi connectivity index (χ0n) is 14.2. The molecule has 0 saturated heterocycles. The molecule has 0 N–H and O–H groups in total. The van der Waals surface area contributed by atoms with Crippen LogP contribution in [0.25, 0.3) is 0 Å². The summed E-state index contributed by atoms with van der Waals surface area (Å²) in [5, 5.41) is 0. The number of hydrogen-bond acceptors (Lipinski definition) is 5. The van der Waals surface area contributed by atoms with Crippen molar-refractivity contribution in [3.05, 3.63) is 47.2 Å². The van der Waals surface area contributed by atoms with Crippen molar-refractivity contribution in [2.75, 3.05) is 0 Å². The van der Waals surface area contributed by atoms with E-state index < -0.39 is 57.4 Å². The third kappa shape index (κ3) is 4.59. The lowest BCUT2D eigenvalue weighted by Crippen LogP contribution is -2.33. The van der Waals surface area contributed by atoms with Crippen LogP contribution in [0.5, 0.6) is 0 Å². The van der Waals surface area contributed by atoms with Crippen molar-refractivity contribution in [2.45, 2.75) is 38.1 Å². The van der Waals surface area contributed by atoms with Crippen molar-refractivity contribution in [1.82, 2.24) is 0 Å². The van der Waals surface area contributed by atoms with Gasteiger partial charge in [-0.25, -0.2) is 4.79 Å². The number of carbonyl (C=O) groups is 1. The lowest BCUT2D eigenvalue weighted by atomic mass is 9.86. The molecule has 0 heterocycles. The Morgan fingerprint density at radius 1 is 1.07 bits per heavy atom. The maximum absolute atomic E-state index is 13.3. The lowest BCUT2D eigenvalue weighted by Gasteiger charge is -2.27. The molecule has 0 radical (unpaired) electrons. The summed E-state index contributed by atoms with van der Waals surface area (Å²) in [4.78, 5) is 12.2. The number of carbonyl (C=O) groups excluding carboxylic acids is 1. The van der Waals surface area contributed by atoms with Gasteiger partial charge in [-0.1, -0.05) is 37.3 Å². The molecule has 0 amide bonds. The number of benzene rings is 1. The molecule has 2 rings (SSSR count). The normalized spacial score (nSPS) is 21.0. The van der Waals surface area contributed by atoms with Crippen molar-refractivity contribution in [3.8, 4) is 0 Å². The van der Waals surface area contributed by atoms with Gasteiger partial charge in [-0.3, -0.25) is 0 Å². The van der Waals surface area contributed by atoms with E-state index >= 15 is 0 Å². The lowest BCUT2D eigenvalue weighted by molar-refractivity contribution is -0.215. The Morgan fingerprint density at radius 2 is 1.64 bits per heavy atom. The molecule has 28 heavy (non-hydrogen) atoms. The smallest absolute Gasteiger partial charge is 0.457 e. The molecule has 0 spiro atoms. The molecule has 156 valence electrons. The first-order valence-electron chi connectivity index (χ1n) is 7.67. The molecule has 0 aliphatic heterocycles. The topological polar surface area (TPSA) is 69.7 Å². The molecule has 1 atom stereocenters. The summed E-state index contributed by atoms with van der Waals surface area (Å²) in [5.74, 6) is -2.61. The van der Waals surface area contributed by atoms with Crippen LogP contribution in [0.2, 0.25) is 0 Å². The summed E-state index contributed by atoms with van der Waals surface area (Å²) in [6.07, 6.45) is -7.25. The number of allylic oxidation sites excluding steroid dienone is 1. The predicted molar refractivity (Wildman–Crippen MR) is 82.7 cm³/mol. The minimum Gasteiger partial charge on any atom is -0.457 e. The average molecular weight is 432 g/mol. The largest absolute Gasteiger partial charge is 0.534 e. The summed E-state index contributed by atoms with van der Waals surface area (Å²) in [7, 11) is -6.24. The molecule has 12 heteroatoms. The quantitative estimate of drug-likeness (QED) is 0.302. The van der Waals surface area contributed by atoms with Gasteiger partial charge in [-0.05, 0) is 12.0 Å². The highest BCUT2D eigenvalue weighted by molar-refractivity contribution is 7.87. The second-order valence-electron chi connectivity index (χ2n) is 6.36. The minimum atomic E-state index is -6.24. The van der Waals surface area contributed by atoms with E-state index in [4.69, 9.17) is 4.74 Å². The molecule has 0 fully saturated rings. The van der Waals surface area contributed by atoms with E-state index in [1.54, 1.807) is 30.3 Å². The van der Waals surface area contributed by atoms with Crippen molar-refractivity contribution >= 4 is 16.1 Å². The van der Waals surface area contributed by atoms with Crippen LogP contribution in [0.15, 0.2) is 41.7 Å². The SMILES string of the molecule is CC1(C(F)(F)F)CC(OS(=O)(=O)C(F)(F)F)=C(C(=O)OCc2ccccc2)C1. The summed E-state index contributed by atoms with van der Waals surface area (Å²) < 4.78 is 109. The molecular formula is C16H14F6O5S. The molecule has 1 aromatic rings. The average Bonchev–Trinajstić information content (AvgIpc) is 2.89. The molecule has 1 unspecified atom stereocenters. The fourth-order valence-electron chi connectivity index (χ4n) is 2.47. The molecule has 1 aliphatic carbocycles. The molecule has 0 saturated carbocycles. The van der Waals surface area contributed by atoms with Crippen molar-refractivity contribution in [2.24, 2.45) is 5.41 Å². The van der Waals surface area contributed by atoms with Gasteiger partial charge < -0.3 is 8.92 Å². The summed E-state index contributed by atoms with van der Waals surface area (Å²) in [6.45, 7) is 0.277. The zero-order chi connectivity index (χ0) is 21.4. The van der Waals surface area contributed by atoms with Crippen LogP contribution in [0.1, 0.15) is 25.3 Å². The van der Waals surface area contributed by atoms with Crippen molar-refractivity contribution < 1.29 is 48.5 Å². The van der Waals surface area contributed by atoms with Crippen molar-refractivity contribution in [1.29, 1.82) is 0 Å². The number of alkyl halides is 6. The first kappa shape index (κ1) is 22.1. The highest BCUT2D eigenvalue weighted by Gasteiger charge is 2.58. The van der Waals surface area contributed by atoms with Gasteiger partial charge in [0.1, 0.15) is 12.4 Å². The summed E-state index contributed by atoms with van der Waals surface area (Å²) in [5.41, 5.74) is -8.97. The summed E-state index contributed by atoms with van der Waals surface area (Å²) >= 11 is 0. The highest BCUT2D eigenvalue weighted by atomic mass is 32.2.